The normalized spacial score (nSPS) is 19.6. The maximum absolute atomic E-state index is 11.0. The minimum Gasteiger partial charge on any atom is -0.364 e. The van der Waals surface area contributed by atoms with Crippen molar-refractivity contribution in [3.05, 3.63) is 16.3 Å². The molecule has 1 aliphatic heterocycles. The van der Waals surface area contributed by atoms with Crippen LogP contribution < -0.4 is 10.6 Å². The Kier molecular flexibility index (Phi) is 4.67. The highest BCUT2D eigenvalue weighted by molar-refractivity contribution is 5.56. The van der Waals surface area contributed by atoms with E-state index in [2.05, 4.69) is 32.5 Å². The zero-order valence-electron chi connectivity index (χ0n) is 11.8. The summed E-state index contributed by atoms with van der Waals surface area (Å²) in [6.45, 7) is 2.81. The van der Waals surface area contributed by atoms with E-state index >= 15 is 0 Å². The molecule has 1 unspecified atom stereocenters. The van der Waals surface area contributed by atoms with Gasteiger partial charge in [0.2, 0.25) is 11.8 Å². The van der Waals surface area contributed by atoms with Crippen molar-refractivity contribution in [2.24, 2.45) is 5.92 Å². The van der Waals surface area contributed by atoms with Crippen LogP contribution in [0.2, 0.25) is 0 Å². The Morgan fingerprint density at radius 3 is 3.05 bits per heavy atom. The highest BCUT2D eigenvalue weighted by Crippen LogP contribution is 2.23. The summed E-state index contributed by atoms with van der Waals surface area (Å²) in [4.78, 5) is 20.8. The second-order valence-electron chi connectivity index (χ2n) is 5.09. The Bertz CT molecular complexity index is 481. The van der Waals surface area contributed by atoms with Gasteiger partial charge in [0, 0.05) is 20.1 Å². The van der Waals surface area contributed by atoms with E-state index in [0.29, 0.717) is 18.4 Å². The number of nitro groups is 1. The van der Waals surface area contributed by atoms with Crippen molar-refractivity contribution in [2.75, 3.05) is 44.4 Å². The van der Waals surface area contributed by atoms with Crippen molar-refractivity contribution in [2.45, 2.75) is 12.8 Å². The Morgan fingerprint density at radius 1 is 1.60 bits per heavy atom. The van der Waals surface area contributed by atoms with Gasteiger partial charge in [-0.1, -0.05) is 0 Å². The summed E-state index contributed by atoms with van der Waals surface area (Å²) in [5, 5.41) is 16.9. The zero-order chi connectivity index (χ0) is 14.5. The first-order valence-electron chi connectivity index (χ1n) is 6.71. The van der Waals surface area contributed by atoms with Gasteiger partial charge in [0.15, 0.2) is 0 Å². The van der Waals surface area contributed by atoms with Gasteiger partial charge in [0.1, 0.15) is 6.20 Å². The van der Waals surface area contributed by atoms with Crippen LogP contribution in [0.3, 0.4) is 0 Å². The smallest absolute Gasteiger partial charge is 0.329 e. The molecule has 0 radical (unpaired) electrons. The number of aromatic nitrogens is 2. The Balaban J connectivity index is 2.05. The largest absolute Gasteiger partial charge is 0.364 e. The first-order valence-corrected chi connectivity index (χ1v) is 6.71. The molecule has 2 N–H and O–H groups in total. The molecule has 8 heteroatoms. The average Bonchev–Trinajstić information content (AvgIpc) is 2.44. The molecule has 0 amide bonds. The molecule has 2 rings (SSSR count). The van der Waals surface area contributed by atoms with E-state index in [0.717, 1.165) is 25.9 Å². The van der Waals surface area contributed by atoms with Gasteiger partial charge in [0.25, 0.3) is 0 Å². The third kappa shape index (κ3) is 3.53. The van der Waals surface area contributed by atoms with Crippen molar-refractivity contribution in [3.8, 4) is 0 Å². The van der Waals surface area contributed by atoms with Crippen LogP contribution in [0.5, 0.6) is 0 Å². The van der Waals surface area contributed by atoms with E-state index in [1.807, 2.05) is 0 Å². The highest BCUT2D eigenvalue weighted by Gasteiger charge is 2.20. The predicted molar refractivity (Wildman–Crippen MR) is 76.9 cm³/mol. The van der Waals surface area contributed by atoms with Crippen LogP contribution in [0.1, 0.15) is 12.8 Å². The summed E-state index contributed by atoms with van der Waals surface area (Å²) in [6, 6.07) is 0. The van der Waals surface area contributed by atoms with Crippen molar-refractivity contribution in [3.63, 3.8) is 0 Å². The number of piperidine rings is 1. The number of anilines is 2. The fourth-order valence-electron chi connectivity index (χ4n) is 2.44. The number of hydrogen-bond donors (Lipinski definition) is 2. The van der Waals surface area contributed by atoms with Gasteiger partial charge in [-0.3, -0.25) is 10.1 Å². The standard InChI is InChI=1S/C12H20N6O2/c1-13-12-15-7-10(18(19)20)11(16-12)14-6-9-4-3-5-17(2)8-9/h7,9H,3-6,8H2,1-2H3,(H2,13,14,15,16). The van der Waals surface area contributed by atoms with Crippen LogP contribution >= 0.6 is 0 Å². The monoisotopic (exact) mass is 280 g/mol. The molecule has 1 aromatic rings. The third-order valence-electron chi connectivity index (χ3n) is 3.47. The molecule has 20 heavy (non-hydrogen) atoms. The van der Waals surface area contributed by atoms with E-state index in [1.54, 1.807) is 7.05 Å². The van der Waals surface area contributed by atoms with Gasteiger partial charge in [-0.15, -0.1) is 0 Å². The molecule has 0 saturated carbocycles. The Hall–Kier alpha value is -1.96. The minimum absolute atomic E-state index is 0.0897. The van der Waals surface area contributed by atoms with Crippen molar-refractivity contribution in [1.82, 2.24) is 14.9 Å². The van der Waals surface area contributed by atoms with Crippen LogP contribution in [-0.2, 0) is 0 Å². The molecule has 0 spiro atoms. The SMILES string of the molecule is CNc1ncc([N+](=O)[O-])c(NCC2CCCN(C)C2)n1. The molecule has 1 atom stereocenters. The van der Waals surface area contributed by atoms with Gasteiger partial charge in [-0.25, -0.2) is 4.98 Å². The van der Waals surface area contributed by atoms with Gasteiger partial charge < -0.3 is 15.5 Å². The lowest BCUT2D eigenvalue weighted by Gasteiger charge is -2.29. The van der Waals surface area contributed by atoms with E-state index in [4.69, 9.17) is 0 Å². The van der Waals surface area contributed by atoms with Crippen molar-refractivity contribution in [1.29, 1.82) is 0 Å². The lowest BCUT2D eigenvalue weighted by atomic mass is 9.98. The summed E-state index contributed by atoms with van der Waals surface area (Å²) < 4.78 is 0. The zero-order valence-corrected chi connectivity index (χ0v) is 11.8. The van der Waals surface area contributed by atoms with E-state index in [1.165, 1.54) is 6.20 Å². The quantitative estimate of drug-likeness (QED) is 0.617. The Labute approximate surface area is 117 Å². The van der Waals surface area contributed by atoms with Crippen LogP contribution in [0.25, 0.3) is 0 Å². The molecule has 0 aromatic carbocycles. The highest BCUT2D eigenvalue weighted by atomic mass is 16.6. The van der Waals surface area contributed by atoms with Crippen LogP contribution in [0.4, 0.5) is 17.5 Å². The molecule has 0 aliphatic carbocycles. The van der Waals surface area contributed by atoms with Gasteiger partial charge in [0.05, 0.1) is 4.92 Å². The molecule has 0 bridgehead atoms. The van der Waals surface area contributed by atoms with Gasteiger partial charge in [-0.2, -0.15) is 4.98 Å². The third-order valence-corrected chi connectivity index (χ3v) is 3.47. The number of nitrogens with zero attached hydrogens (tertiary/aromatic N) is 4. The fraction of sp³-hybridized carbons (Fsp3) is 0.667. The second kappa shape index (κ2) is 6.47. The molecule has 1 fully saturated rings. The summed E-state index contributed by atoms with van der Waals surface area (Å²) in [5.41, 5.74) is -0.0897. The maximum Gasteiger partial charge on any atom is 0.329 e. The van der Waals surface area contributed by atoms with Crippen LogP contribution in [-0.4, -0.2) is 53.5 Å². The van der Waals surface area contributed by atoms with Crippen LogP contribution in [0, 0.1) is 16.0 Å². The molecule has 1 saturated heterocycles. The summed E-state index contributed by atoms with van der Waals surface area (Å²) >= 11 is 0. The molecular formula is C12H20N6O2. The summed E-state index contributed by atoms with van der Waals surface area (Å²) in [7, 11) is 3.78. The molecule has 8 nitrogen and oxygen atoms in total. The molecule has 2 heterocycles. The molecular weight excluding hydrogens is 260 g/mol. The minimum atomic E-state index is -0.464. The van der Waals surface area contributed by atoms with Crippen molar-refractivity contribution >= 4 is 17.5 Å². The average molecular weight is 280 g/mol. The second-order valence-corrected chi connectivity index (χ2v) is 5.09. The number of hydrogen-bond acceptors (Lipinski definition) is 7. The predicted octanol–water partition coefficient (Wildman–Crippen LogP) is 1.18. The Morgan fingerprint density at radius 2 is 2.40 bits per heavy atom. The van der Waals surface area contributed by atoms with E-state index < -0.39 is 4.92 Å². The molecule has 1 aliphatic rings. The lowest BCUT2D eigenvalue weighted by molar-refractivity contribution is -0.384. The topological polar surface area (TPSA) is 96.2 Å². The maximum atomic E-state index is 11.0. The van der Waals surface area contributed by atoms with Gasteiger partial charge in [-0.05, 0) is 32.4 Å². The fourth-order valence-corrected chi connectivity index (χ4v) is 2.44. The summed E-state index contributed by atoms with van der Waals surface area (Å²) in [5.74, 6) is 1.14. The lowest BCUT2D eigenvalue weighted by Crippen LogP contribution is -2.35. The first-order chi connectivity index (χ1) is 9.60. The molecule has 110 valence electrons. The van der Waals surface area contributed by atoms with E-state index in [9.17, 15) is 10.1 Å². The number of nitrogens with one attached hydrogen (secondary N) is 2. The molecule has 1 aromatic heterocycles. The summed E-state index contributed by atoms with van der Waals surface area (Å²) in [6.07, 6.45) is 3.53. The van der Waals surface area contributed by atoms with Crippen LogP contribution in [0.15, 0.2) is 6.20 Å². The first kappa shape index (κ1) is 14.4. The number of likely N-dealkylation sites (tertiary alicyclic amines) is 1. The van der Waals surface area contributed by atoms with E-state index in [-0.39, 0.29) is 11.5 Å². The van der Waals surface area contributed by atoms with Crippen molar-refractivity contribution < 1.29 is 4.92 Å². The number of rotatable bonds is 5. The van der Waals surface area contributed by atoms with Gasteiger partial charge >= 0.3 is 5.69 Å².